The number of alkyl carbamates (subject to hydrolysis) is 1. The molecule has 1 aliphatic rings. The molecule has 0 radical (unpaired) electrons. The van der Waals surface area contributed by atoms with Gasteiger partial charge in [-0.25, -0.2) is 4.79 Å². The molecule has 0 aromatic rings. The fourth-order valence-corrected chi connectivity index (χ4v) is 1.84. The number of ether oxygens (including phenoxy) is 2. The van der Waals surface area contributed by atoms with Gasteiger partial charge in [0.05, 0.1) is 19.3 Å². The summed E-state index contributed by atoms with van der Waals surface area (Å²) in [7, 11) is 0. The third-order valence-corrected chi connectivity index (χ3v) is 2.98. The Morgan fingerprint density at radius 1 is 1.28 bits per heavy atom. The highest BCUT2D eigenvalue weighted by molar-refractivity contribution is 5.89. The molecule has 0 aromatic heterocycles. The van der Waals surface area contributed by atoms with Gasteiger partial charge in [-0.3, -0.25) is 4.79 Å². The van der Waals surface area contributed by atoms with E-state index in [1.165, 1.54) is 0 Å². The van der Waals surface area contributed by atoms with E-state index in [0.29, 0.717) is 13.2 Å². The van der Waals surface area contributed by atoms with Crippen LogP contribution in [0.2, 0.25) is 0 Å². The molecule has 2 atom stereocenters. The molecule has 1 aliphatic heterocycles. The van der Waals surface area contributed by atoms with Gasteiger partial charge < -0.3 is 14.8 Å². The van der Waals surface area contributed by atoms with Gasteiger partial charge in [-0.15, -0.1) is 0 Å². The highest BCUT2D eigenvalue weighted by Gasteiger charge is 2.28. The number of amides is 1. The van der Waals surface area contributed by atoms with Gasteiger partial charge in [-0.05, 0) is 5.92 Å². The highest BCUT2D eigenvalue weighted by atomic mass is 16.6. The zero-order valence-electron chi connectivity index (χ0n) is 11.6. The van der Waals surface area contributed by atoms with Crippen LogP contribution in [0.25, 0.3) is 0 Å². The van der Waals surface area contributed by atoms with Gasteiger partial charge in [0.2, 0.25) is 0 Å². The summed E-state index contributed by atoms with van der Waals surface area (Å²) in [6.07, 6.45) is 0.00269. The maximum atomic E-state index is 12.0. The molecule has 18 heavy (non-hydrogen) atoms. The molecule has 0 bridgehead atoms. The average Bonchev–Trinajstić information content (AvgIpc) is 2.77. The van der Waals surface area contributed by atoms with E-state index < -0.39 is 12.1 Å². The van der Waals surface area contributed by atoms with Crippen molar-refractivity contribution in [2.45, 2.75) is 46.3 Å². The quantitative estimate of drug-likeness (QED) is 0.815. The standard InChI is InChI=1S/C13H23NO4/c1-8(2)11(12(15)9(3)4)14-13(16)18-10-5-6-17-7-10/h8-11H,5-7H2,1-4H3,(H,14,16)/t10-,11?/m1/s1. The molecule has 0 spiro atoms. The van der Waals surface area contributed by atoms with Crippen LogP contribution < -0.4 is 5.32 Å². The van der Waals surface area contributed by atoms with E-state index in [0.717, 1.165) is 6.42 Å². The lowest BCUT2D eigenvalue weighted by atomic mass is 9.93. The molecule has 1 unspecified atom stereocenters. The Bertz CT molecular complexity index is 295. The number of hydrogen-bond donors (Lipinski definition) is 1. The van der Waals surface area contributed by atoms with Crippen LogP contribution in [0.1, 0.15) is 34.1 Å². The summed E-state index contributed by atoms with van der Waals surface area (Å²) >= 11 is 0. The number of Topliss-reactive ketones (excluding diaryl/α,β-unsaturated/α-hetero) is 1. The highest BCUT2D eigenvalue weighted by Crippen LogP contribution is 2.11. The second kappa shape index (κ2) is 6.73. The Kier molecular flexibility index (Phi) is 5.59. The van der Waals surface area contributed by atoms with Gasteiger partial charge >= 0.3 is 6.09 Å². The zero-order chi connectivity index (χ0) is 13.7. The van der Waals surface area contributed by atoms with Crippen molar-refractivity contribution in [2.24, 2.45) is 11.8 Å². The van der Waals surface area contributed by atoms with Crippen LogP contribution in [-0.2, 0) is 14.3 Å². The second-order valence-electron chi connectivity index (χ2n) is 5.31. The van der Waals surface area contributed by atoms with Gasteiger partial charge in [0.1, 0.15) is 6.10 Å². The van der Waals surface area contributed by atoms with Crippen molar-refractivity contribution >= 4 is 11.9 Å². The molecule has 5 heteroatoms. The third-order valence-electron chi connectivity index (χ3n) is 2.98. The van der Waals surface area contributed by atoms with Crippen LogP contribution in [0.4, 0.5) is 4.79 Å². The molecule has 104 valence electrons. The van der Waals surface area contributed by atoms with Crippen LogP contribution in [0.15, 0.2) is 0 Å². The molecule has 1 fully saturated rings. The van der Waals surface area contributed by atoms with Gasteiger partial charge in [0.15, 0.2) is 5.78 Å². The number of carbonyl (C=O) groups excluding carboxylic acids is 2. The van der Waals surface area contributed by atoms with Crippen molar-refractivity contribution < 1.29 is 19.1 Å². The molecular formula is C13H23NO4. The Morgan fingerprint density at radius 3 is 2.39 bits per heavy atom. The second-order valence-corrected chi connectivity index (χ2v) is 5.31. The van der Waals surface area contributed by atoms with Crippen LogP contribution in [0.5, 0.6) is 0 Å². The van der Waals surface area contributed by atoms with Crippen molar-refractivity contribution in [3.05, 3.63) is 0 Å². The maximum absolute atomic E-state index is 12.0. The van der Waals surface area contributed by atoms with Crippen molar-refractivity contribution in [2.75, 3.05) is 13.2 Å². The first-order valence-corrected chi connectivity index (χ1v) is 6.50. The molecule has 1 rings (SSSR count). The summed E-state index contributed by atoms with van der Waals surface area (Å²) in [5.41, 5.74) is 0. The first-order valence-electron chi connectivity index (χ1n) is 6.50. The lowest BCUT2D eigenvalue weighted by Crippen LogP contribution is -2.47. The first-order chi connectivity index (χ1) is 8.41. The maximum Gasteiger partial charge on any atom is 0.408 e. The van der Waals surface area contributed by atoms with E-state index >= 15 is 0 Å². The number of ketones is 1. The molecule has 0 aromatic carbocycles. The predicted octanol–water partition coefficient (Wildman–Crippen LogP) is 1.75. The minimum Gasteiger partial charge on any atom is -0.444 e. The van der Waals surface area contributed by atoms with E-state index in [4.69, 9.17) is 9.47 Å². The van der Waals surface area contributed by atoms with E-state index in [2.05, 4.69) is 5.32 Å². The first kappa shape index (κ1) is 15.0. The molecule has 1 N–H and O–H groups in total. The fraction of sp³-hybridized carbons (Fsp3) is 0.846. The van der Waals surface area contributed by atoms with E-state index in [9.17, 15) is 9.59 Å². The summed E-state index contributed by atoms with van der Waals surface area (Å²) in [4.78, 5) is 23.7. The van der Waals surface area contributed by atoms with Crippen LogP contribution >= 0.6 is 0 Å². The topological polar surface area (TPSA) is 64.6 Å². The Labute approximate surface area is 108 Å². The fourth-order valence-electron chi connectivity index (χ4n) is 1.84. The normalized spacial score (nSPS) is 21.1. The zero-order valence-corrected chi connectivity index (χ0v) is 11.6. The van der Waals surface area contributed by atoms with E-state index in [1.54, 1.807) is 0 Å². The summed E-state index contributed by atoms with van der Waals surface area (Å²) in [6, 6.07) is -0.486. The van der Waals surface area contributed by atoms with Crippen LogP contribution in [0, 0.1) is 11.8 Å². The lowest BCUT2D eigenvalue weighted by molar-refractivity contribution is -0.124. The van der Waals surface area contributed by atoms with Crippen molar-refractivity contribution in [1.29, 1.82) is 0 Å². The van der Waals surface area contributed by atoms with Crippen molar-refractivity contribution in [1.82, 2.24) is 5.32 Å². The van der Waals surface area contributed by atoms with Gasteiger partial charge in [-0.1, -0.05) is 27.7 Å². The Morgan fingerprint density at radius 2 is 1.94 bits per heavy atom. The summed E-state index contributed by atoms with van der Waals surface area (Å²) in [5, 5.41) is 2.66. The van der Waals surface area contributed by atoms with Crippen molar-refractivity contribution in [3.8, 4) is 0 Å². The Hall–Kier alpha value is -1.10. The average molecular weight is 257 g/mol. The molecule has 1 saturated heterocycles. The number of rotatable bonds is 5. The number of nitrogens with one attached hydrogen (secondary N) is 1. The van der Waals surface area contributed by atoms with Crippen molar-refractivity contribution in [3.63, 3.8) is 0 Å². The minimum absolute atomic E-state index is 0.0321. The summed E-state index contributed by atoms with van der Waals surface area (Å²) in [5.74, 6) is -0.0237. The van der Waals surface area contributed by atoms with Gasteiger partial charge in [0, 0.05) is 12.3 Å². The van der Waals surface area contributed by atoms with Crippen LogP contribution in [-0.4, -0.2) is 37.2 Å². The summed E-state index contributed by atoms with van der Waals surface area (Å²) < 4.78 is 10.3. The monoisotopic (exact) mass is 257 g/mol. The van der Waals surface area contributed by atoms with E-state index in [1.807, 2.05) is 27.7 Å². The lowest BCUT2D eigenvalue weighted by Gasteiger charge is -2.23. The largest absolute Gasteiger partial charge is 0.444 e. The summed E-state index contributed by atoms with van der Waals surface area (Å²) in [6.45, 7) is 8.53. The Balaban J connectivity index is 2.49. The molecular weight excluding hydrogens is 234 g/mol. The molecule has 5 nitrogen and oxygen atoms in total. The predicted molar refractivity (Wildman–Crippen MR) is 67.3 cm³/mol. The number of carbonyl (C=O) groups is 2. The minimum atomic E-state index is -0.529. The molecule has 1 heterocycles. The SMILES string of the molecule is CC(C)C(=O)C(NC(=O)O[C@@H]1CCOC1)C(C)C. The number of hydrogen-bond acceptors (Lipinski definition) is 4. The van der Waals surface area contributed by atoms with Crippen LogP contribution in [0.3, 0.4) is 0 Å². The smallest absolute Gasteiger partial charge is 0.408 e. The van der Waals surface area contributed by atoms with Gasteiger partial charge in [0.25, 0.3) is 0 Å². The van der Waals surface area contributed by atoms with E-state index in [-0.39, 0.29) is 23.7 Å². The molecule has 0 aliphatic carbocycles. The van der Waals surface area contributed by atoms with Gasteiger partial charge in [-0.2, -0.15) is 0 Å². The molecule has 0 saturated carbocycles. The molecule has 1 amide bonds. The third kappa shape index (κ3) is 4.29.